The van der Waals surface area contributed by atoms with Crippen molar-refractivity contribution in [1.29, 1.82) is 0 Å². The highest BCUT2D eigenvalue weighted by Crippen LogP contribution is 2.20. The number of rotatable bonds is 4. The number of para-hydroxylation sites is 1. The highest BCUT2D eigenvalue weighted by atomic mass is 16.2. The van der Waals surface area contributed by atoms with E-state index in [0.29, 0.717) is 16.7 Å². The van der Waals surface area contributed by atoms with Gasteiger partial charge < -0.3 is 15.2 Å². The number of benzene rings is 1. The zero-order chi connectivity index (χ0) is 19.7. The third kappa shape index (κ3) is 3.69. The Kier molecular flexibility index (Phi) is 4.98. The fourth-order valence-corrected chi connectivity index (χ4v) is 3.29. The summed E-state index contributed by atoms with van der Waals surface area (Å²) in [5.41, 5.74) is 3.32. The Bertz CT molecular complexity index is 1050. The van der Waals surface area contributed by atoms with Crippen LogP contribution in [0.25, 0.3) is 10.9 Å². The summed E-state index contributed by atoms with van der Waals surface area (Å²) >= 11 is 0. The minimum Gasteiger partial charge on any atom is -0.331 e. The average Bonchev–Trinajstić information content (AvgIpc) is 2.87. The monoisotopic (exact) mass is 368 g/mol. The van der Waals surface area contributed by atoms with E-state index in [2.05, 4.69) is 20.4 Å². The van der Waals surface area contributed by atoms with Gasteiger partial charge in [0, 0.05) is 25.4 Å². The molecule has 27 heavy (non-hydrogen) atoms. The van der Waals surface area contributed by atoms with Crippen molar-refractivity contribution in [3.05, 3.63) is 57.4 Å². The van der Waals surface area contributed by atoms with E-state index < -0.39 is 0 Å². The van der Waals surface area contributed by atoms with E-state index in [4.69, 9.17) is 0 Å². The molecule has 8 heteroatoms. The Labute approximate surface area is 157 Å². The molecule has 0 fully saturated rings. The van der Waals surface area contributed by atoms with Crippen LogP contribution in [0, 0.1) is 13.8 Å². The maximum Gasteiger partial charge on any atom is 0.318 e. The van der Waals surface area contributed by atoms with Crippen LogP contribution in [0.15, 0.2) is 29.1 Å². The van der Waals surface area contributed by atoms with Crippen LogP contribution in [-0.2, 0) is 13.6 Å². The second kappa shape index (κ2) is 7.22. The molecule has 8 nitrogen and oxygen atoms in total. The second-order valence-electron chi connectivity index (χ2n) is 6.77. The zero-order valence-electron chi connectivity index (χ0n) is 16.2. The third-order valence-corrected chi connectivity index (χ3v) is 4.73. The smallest absolute Gasteiger partial charge is 0.318 e. The Morgan fingerprint density at radius 3 is 2.70 bits per heavy atom. The van der Waals surface area contributed by atoms with Crippen LogP contribution in [0.1, 0.15) is 35.7 Å². The molecule has 0 bridgehead atoms. The summed E-state index contributed by atoms with van der Waals surface area (Å²) < 4.78 is 1.81. The molecule has 0 saturated carbocycles. The van der Waals surface area contributed by atoms with E-state index in [1.165, 1.54) is 4.90 Å². The lowest BCUT2D eigenvalue weighted by Crippen LogP contribution is -2.39. The van der Waals surface area contributed by atoms with E-state index in [1.807, 2.05) is 33.9 Å². The molecular weight excluding hydrogens is 344 g/mol. The van der Waals surface area contributed by atoms with Gasteiger partial charge in [-0.2, -0.15) is 5.10 Å². The first-order chi connectivity index (χ1) is 12.8. The van der Waals surface area contributed by atoms with Crippen LogP contribution in [0.5, 0.6) is 0 Å². The molecule has 3 aromatic rings. The second-order valence-corrected chi connectivity index (χ2v) is 6.77. The predicted molar refractivity (Wildman–Crippen MR) is 103 cm³/mol. The standard InChI is InChI=1S/C19H24N6O2/c1-11(17-12(2)23-25(5)13(17)3)20-19(27)24(4)10-16-21-15-9-7-6-8-14(15)18(26)22-16/h6-9,11H,10H2,1-5H3,(H,20,27)(H,21,22,26)/t11-/m0/s1. The number of aromatic amines is 1. The Hall–Kier alpha value is -3.16. The first-order valence-corrected chi connectivity index (χ1v) is 8.77. The molecule has 0 aliphatic heterocycles. The lowest BCUT2D eigenvalue weighted by molar-refractivity contribution is 0.202. The quantitative estimate of drug-likeness (QED) is 0.738. The Morgan fingerprint density at radius 2 is 2.04 bits per heavy atom. The summed E-state index contributed by atoms with van der Waals surface area (Å²) in [6, 6.07) is 6.70. The molecule has 0 saturated heterocycles. The minimum atomic E-state index is -0.249. The SMILES string of the molecule is Cc1nn(C)c(C)c1[C@H](C)NC(=O)N(C)Cc1nc2ccccc2c(=O)[nH]1. The number of carbonyl (C=O) groups is 1. The summed E-state index contributed by atoms with van der Waals surface area (Å²) in [6.45, 7) is 6.03. The van der Waals surface area contributed by atoms with Crippen LogP contribution in [0.2, 0.25) is 0 Å². The lowest BCUT2D eigenvalue weighted by Gasteiger charge is -2.21. The first kappa shape index (κ1) is 18.6. The average molecular weight is 368 g/mol. The summed E-state index contributed by atoms with van der Waals surface area (Å²) in [5.74, 6) is 0.442. The van der Waals surface area contributed by atoms with E-state index >= 15 is 0 Å². The van der Waals surface area contributed by atoms with Crippen molar-refractivity contribution in [2.75, 3.05) is 7.05 Å². The van der Waals surface area contributed by atoms with Crippen molar-refractivity contribution in [2.45, 2.75) is 33.4 Å². The fraction of sp³-hybridized carbons (Fsp3) is 0.368. The van der Waals surface area contributed by atoms with E-state index in [1.54, 1.807) is 29.9 Å². The number of amides is 2. The number of H-pyrrole nitrogens is 1. The van der Waals surface area contributed by atoms with Crippen LogP contribution in [0.3, 0.4) is 0 Å². The number of nitrogens with one attached hydrogen (secondary N) is 2. The van der Waals surface area contributed by atoms with Crippen molar-refractivity contribution in [3.8, 4) is 0 Å². The molecular formula is C19H24N6O2. The van der Waals surface area contributed by atoms with Gasteiger partial charge in [-0.25, -0.2) is 9.78 Å². The highest BCUT2D eigenvalue weighted by molar-refractivity contribution is 5.77. The summed E-state index contributed by atoms with van der Waals surface area (Å²) in [4.78, 5) is 33.4. The summed E-state index contributed by atoms with van der Waals surface area (Å²) in [7, 11) is 3.55. The Balaban J connectivity index is 1.73. The van der Waals surface area contributed by atoms with Crippen molar-refractivity contribution < 1.29 is 4.79 Å². The van der Waals surface area contributed by atoms with Gasteiger partial charge in [0.25, 0.3) is 5.56 Å². The summed E-state index contributed by atoms with van der Waals surface area (Å²) in [5, 5.41) is 7.90. The molecule has 2 aromatic heterocycles. The third-order valence-electron chi connectivity index (χ3n) is 4.73. The molecule has 0 radical (unpaired) electrons. The molecule has 1 atom stereocenters. The van der Waals surface area contributed by atoms with E-state index in [9.17, 15) is 9.59 Å². The number of hydrogen-bond donors (Lipinski definition) is 2. The summed E-state index contributed by atoms with van der Waals surface area (Å²) in [6.07, 6.45) is 0. The molecule has 1 aromatic carbocycles. The maximum atomic E-state index is 12.6. The van der Waals surface area contributed by atoms with Crippen molar-refractivity contribution in [2.24, 2.45) is 7.05 Å². The van der Waals surface area contributed by atoms with Crippen LogP contribution < -0.4 is 10.9 Å². The van der Waals surface area contributed by atoms with Gasteiger partial charge in [0.2, 0.25) is 0 Å². The number of nitrogens with zero attached hydrogens (tertiary/aromatic N) is 4. The van der Waals surface area contributed by atoms with Crippen LogP contribution in [0.4, 0.5) is 4.79 Å². The molecule has 0 aliphatic rings. The van der Waals surface area contributed by atoms with Gasteiger partial charge in [-0.1, -0.05) is 12.1 Å². The van der Waals surface area contributed by atoms with Gasteiger partial charge in [0.1, 0.15) is 5.82 Å². The number of urea groups is 1. The van der Waals surface area contributed by atoms with Gasteiger partial charge in [-0.05, 0) is 32.9 Å². The van der Waals surface area contributed by atoms with Crippen LogP contribution in [-0.4, -0.2) is 37.7 Å². The molecule has 0 spiro atoms. The van der Waals surface area contributed by atoms with Crippen molar-refractivity contribution >= 4 is 16.9 Å². The minimum absolute atomic E-state index is 0.183. The number of carbonyl (C=O) groups excluding carboxylic acids is 1. The molecule has 2 heterocycles. The molecule has 2 amide bonds. The van der Waals surface area contributed by atoms with Gasteiger partial charge >= 0.3 is 6.03 Å². The molecule has 3 rings (SSSR count). The number of aromatic nitrogens is 4. The predicted octanol–water partition coefficient (Wildman–Crippen LogP) is 2.18. The number of aryl methyl sites for hydroxylation is 2. The van der Waals surface area contributed by atoms with E-state index in [0.717, 1.165) is 17.0 Å². The highest BCUT2D eigenvalue weighted by Gasteiger charge is 2.20. The zero-order valence-corrected chi connectivity index (χ0v) is 16.2. The normalized spacial score (nSPS) is 12.2. The first-order valence-electron chi connectivity index (χ1n) is 8.77. The van der Waals surface area contributed by atoms with Crippen molar-refractivity contribution in [1.82, 2.24) is 30.0 Å². The largest absolute Gasteiger partial charge is 0.331 e. The van der Waals surface area contributed by atoms with Gasteiger partial charge in [-0.15, -0.1) is 0 Å². The van der Waals surface area contributed by atoms with Gasteiger partial charge in [0.05, 0.1) is 29.2 Å². The van der Waals surface area contributed by atoms with E-state index in [-0.39, 0.29) is 24.2 Å². The molecule has 142 valence electrons. The molecule has 2 N–H and O–H groups in total. The van der Waals surface area contributed by atoms with Crippen molar-refractivity contribution in [3.63, 3.8) is 0 Å². The van der Waals surface area contributed by atoms with Gasteiger partial charge in [0.15, 0.2) is 0 Å². The lowest BCUT2D eigenvalue weighted by atomic mass is 10.1. The molecule has 0 aliphatic carbocycles. The maximum absolute atomic E-state index is 12.6. The fourth-order valence-electron chi connectivity index (χ4n) is 3.29. The number of fused-ring (bicyclic) bond motifs is 1. The number of hydrogen-bond acceptors (Lipinski definition) is 4. The van der Waals surface area contributed by atoms with Crippen LogP contribution >= 0.6 is 0 Å². The van der Waals surface area contributed by atoms with Gasteiger partial charge in [-0.3, -0.25) is 9.48 Å². The molecule has 0 unspecified atom stereocenters. The Morgan fingerprint density at radius 1 is 1.33 bits per heavy atom. The topological polar surface area (TPSA) is 95.9 Å².